The number of hydrogen-bond acceptors (Lipinski definition) is 2. The summed E-state index contributed by atoms with van der Waals surface area (Å²) in [6, 6.07) is 7.18. The highest BCUT2D eigenvalue weighted by Crippen LogP contribution is 2.14. The number of halogens is 1. The molecule has 0 heterocycles. The summed E-state index contributed by atoms with van der Waals surface area (Å²) in [6.45, 7) is 4.89. The molecule has 1 atom stereocenters. The van der Waals surface area contributed by atoms with Crippen molar-refractivity contribution in [3.63, 3.8) is 0 Å². The van der Waals surface area contributed by atoms with E-state index in [4.69, 9.17) is 11.6 Å². The number of likely N-dealkylation sites (N-methyl/N-ethyl adjacent to an activating group) is 1. The minimum atomic E-state index is -0.213. The highest BCUT2D eigenvalue weighted by molar-refractivity contribution is 6.30. The lowest BCUT2D eigenvalue weighted by Crippen LogP contribution is -2.44. The average Bonchev–Trinajstić information content (AvgIpc) is 2.27. The van der Waals surface area contributed by atoms with Crippen molar-refractivity contribution >= 4 is 23.3 Å². The van der Waals surface area contributed by atoms with Gasteiger partial charge in [-0.2, -0.15) is 0 Å². The van der Waals surface area contributed by atoms with Crippen LogP contribution in [0.1, 0.15) is 13.8 Å². The van der Waals surface area contributed by atoms with Gasteiger partial charge in [0.15, 0.2) is 0 Å². The molecule has 0 aliphatic heterocycles. The van der Waals surface area contributed by atoms with Gasteiger partial charge in [0.2, 0.25) is 0 Å². The van der Waals surface area contributed by atoms with E-state index in [0.717, 1.165) is 0 Å². The monoisotopic (exact) mass is 283 g/mol. The second-order valence-corrected chi connectivity index (χ2v) is 5.56. The van der Waals surface area contributed by atoms with Crippen LogP contribution in [0.25, 0.3) is 0 Å². The maximum Gasteiger partial charge on any atom is 0.319 e. The molecule has 0 unspecified atom stereocenters. The van der Waals surface area contributed by atoms with Gasteiger partial charge in [0, 0.05) is 23.3 Å². The maximum absolute atomic E-state index is 11.8. The van der Waals surface area contributed by atoms with Crippen LogP contribution < -0.4 is 10.6 Å². The molecule has 0 aromatic heterocycles. The molecule has 1 aromatic carbocycles. The quantitative estimate of drug-likeness (QED) is 0.872. The molecule has 0 saturated heterocycles. The van der Waals surface area contributed by atoms with Gasteiger partial charge in [0.1, 0.15) is 0 Å². The van der Waals surface area contributed by atoms with Crippen LogP contribution in [0.5, 0.6) is 0 Å². The van der Waals surface area contributed by atoms with Crippen molar-refractivity contribution in [3.05, 3.63) is 29.3 Å². The summed E-state index contributed by atoms with van der Waals surface area (Å²) < 4.78 is 0. The van der Waals surface area contributed by atoms with Gasteiger partial charge in [-0.15, -0.1) is 0 Å². The van der Waals surface area contributed by atoms with Gasteiger partial charge in [-0.25, -0.2) is 4.79 Å². The Balaban J connectivity index is 2.47. The van der Waals surface area contributed by atoms with Crippen LogP contribution in [0.3, 0.4) is 0 Å². The Kier molecular flexibility index (Phi) is 6.12. The molecule has 0 fully saturated rings. The molecule has 0 spiro atoms. The normalized spacial score (nSPS) is 12.6. The minimum Gasteiger partial charge on any atom is -0.336 e. The van der Waals surface area contributed by atoms with E-state index >= 15 is 0 Å². The van der Waals surface area contributed by atoms with E-state index < -0.39 is 0 Å². The van der Waals surface area contributed by atoms with Gasteiger partial charge in [-0.1, -0.05) is 31.5 Å². The first-order valence-corrected chi connectivity index (χ1v) is 6.74. The first-order valence-electron chi connectivity index (χ1n) is 6.37. The van der Waals surface area contributed by atoms with Crippen molar-refractivity contribution in [1.82, 2.24) is 10.2 Å². The SMILES string of the molecule is CC(C)[C@H](CNC(=O)Nc1cccc(Cl)c1)N(C)C. The van der Waals surface area contributed by atoms with Crippen molar-refractivity contribution in [3.8, 4) is 0 Å². The van der Waals surface area contributed by atoms with E-state index in [-0.39, 0.29) is 6.03 Å². The van der Waals surface area contributed by atoms with E-state index in [0.29, 0.717) is 29.2 Å². The van der Waals surface area contributed by atoms with Crippen LogP contribution in [0, 0.1) is 5.92 Å². The van der Waals surface area contributed by atoms with Crippen molar-refractivity contribution in [2.45, 2.75) is 19.9 Å². The zero-order valence-corrected chi connectivity index (χ0v) is 12.7. The fourth-order valence-corrected chi connectivity index (χ4v) is 2.14. The number of carbonyl (C=O) groups excluding carboxylic acids is 1. The lowest BCUT2D eigenvalue weighted by Gasteiger charge is -2.28. The van der Waals surface area contributed by atoms with Crippen LogP contribution in [0.4, 0.5) is 10.5 Å². The van der Waals surface area contributed by atoms with Crippen LogP contribution in [0.2, 0.25) is 5.02 Å². The number of hydrogen-bond donors (Lipinski definition) is 2. The average molecular weight is 284 g/mol. The minimum absolute atomic E-state index is 0.213. The molecule has 4 nitrogen and oxygen atoms in total. The van der Waals surface area contributed by atoms with Crippen LogP contribution in [0.15, 0.2) is 24.3 Å². The van der Waals surface area contributed by atoms with E-state index in [1.165, 1.54) is 0 Å². The van der Waals surface area contributed by atoms with Crippen LogP contribution in [-0.2, 0) is 0 Å². The van der Waals surface area contributed by atoms with Crippen LogP contribution in [-0.4, -0.2) is 37.6 Å². The van der Waals surface area contributed by atoms with E-state index in [2.05, 4.69) is 29.4 Å². The topological polar surface area (TPSA) is 44.4 Å². The number of rotatable bonds is 5. The lowest BCUT2D eigenvalue weighted by atomic mass is 10.0. The van der Waals surface area contributed by atoms with Crippen molar-refractivity contribution in [2.75, 3.05) is 26.0 Å². The molecule has 0 aliphatic rings. The third kappa shape index (κ3) is 5.49. The summed E-state index contributed by atoms with van der Waals surface area (Å²) >= 11 is 5.86. The predicted octanol–water partition coefficient (Wildman–Crippen LogP) is 3.05. The Morgan fingerprint density at radius 2 is 2.05 bits per heavy atom. The Hall–Kier alpha value is -1.26. The first kappa shape index (κ1) is 15.8. The summed E-state index contributed by atoms with van der Waals surface area (Å²) in [7, 11) is 4.03. The Morgan fingerprint density at radius 1 is 1.37 bits per heavy atom. The molecule has 2 amide bonds. The molecular weight excluding hydrogens is 262 g/mol. The molecule has 19 heavy (non-hydrogen) atoms. The molecule has 5 heteroatoms. The van der Waals surface area contributed by atoms with Crippen molar-refractivity contribution < 1.29 is 4.79 Å². The number of amides is 2. The van der Waals surface area contributed by atoms with E-state index in [1.807, 2.05) is 14.1 Å². The molecule has 0 bridgehead atoms. The summed E-state index contributed by atoms with van der Waals surface area (Å²) in [5, 5.41) is 6.24. The second kappa shape index (κ2) is 7.36. The van der Waals surface area contributed by atoms with Gasteiger partial charge in [0.05, 0.1) is 0 Å². The fraction of sp³-hybridized carbons (Fsp3) is 0.500. The first-order chi connectivity index (χ1) is 8.90. The summed E-state index contributed by atoms with van der Waals surface area (Å²) in [6.07, 6.45) is 0. The van der Waals surface area contributed by atoms with E-state index in [9.17, 15) is 4.79 Å². The molecule has 0 aliphatic carbocycles. The van der Waals surface area contributed by atoms with Crippen molar-refractivity contribution in [1.29, 1.82) is 0 Å². The molecule has 1 rings (SSSR count). The highest BCUT2D eigenvalue weighted by atomic mass is 35.5. The molecule has 0 saturated carbocycles. The number of carbonyl (C=O) groups is 1. The fourth-order valence-electron chi connectivity index (χ4n) is 1.95. The van der Waals surface area contributed by atoms with E-state index in [1.54, 1.807) is 24.3 Å². The Morgan fingerprint density at radius 3 is 2.58 bits per heavy atom. The number of nitrogens with zero attached hydrogens (tertiary/aromatic N) is 1. The lowest BCUT2D eigenvalue weighted by molar-refractivity contribution is 0.218. The standard InChI is InChI=1S/C14H22ClN3O/c1-10(2)13(18(3)4)9-16-14(19)17-12-7-5-6-11(15)8-12/h5-8,10,13H,9H2,1-4H3,(H2,16,17,19)/t13-/m0/s1. The molecule has 106 valence electrons. The highest BCUT2D eigenvalue weighted by Gasteiger charge is 2.16. The Bertz CT molecular complexity index is 413. The van der Waals surface area contributed by atoms with Gasteiger partial charge < -0.3 is 15.5 Å². The Labute approximate surface area is 120 Å². The third-order valence-corrected chi connectivity index (χ3v) is 3.22. The summed E-state index contributed by atoms with van der Waals surface area (Å²) in [5.74, 6) is 0.474. The van der Waals surface area contributed by atoms with Crippen molar-refractivity contribution in [2.24, 2.45) is 5.92 Å². The maximum atomic E-state index is 11.8. The van der Waals surface area contributed by atoms with Gasteiger partial charge in [0.25, 0.3) is 0 Å². The smallest absolute Gasteiger partial charge is 0.319 e. The largest absolute Gasteiger partial charge is 0.336 e. The molecular formula is C14H22ClN3O. The zero-order valence-electron chi connectivity index (χ0n) is 11.9. The van der Waals surface area contributed by atoms with Gasteiger partial charge in [-0.05, 0) is 38.2 Å². The number of anilines is 1. The molecule has 1 aromatic rings. The summed E-state index contributed by atoms with van der Waals surface area (Å²) in [4.78, 5) is 13.9. The second-order valence-electron chi connectivity index (χ2n) is 5.12. The number of benzene rings is 1. The van der Waals surface area contributed by atoms with Crippen LogP contribution >= 0.6 is 11.6 Å². The summed E-state index contributed by atoms with van der Waals surface area (Å²) in [5.41, 5.74) is 0.691. The zero-order chi connectivity index (χ0) is 14.4. The molecule has 0 radical (unpaired) electrons. The number of urea groups is 1. The van der Waals surface area contributed by atoms with Gasteiger partial charge >= 0.3 is 6.03 Å². The third-order valence-electron chi connectivity index (χ3n) is 2.99. The van der Waals surface area contributed by atoms with Gasteiger partial charge in [-0.3, -0.25) is 0 Å². The predicted molar refractivity (Wildman–Crippen MR) is 80.8 cm³/mol. The number of nitrogens with one attached hydrogen (secondary N) is 2. The molecule has 2 N–H and O–H groups in total.